The molecule has 0 aliphatic carbocycles. The summed E-state index contributed by atoms with van der Waals surface area (Å²) in [5.74, 6) is -1.18. The first-order chi connectivity index (χ1) is 10.7. The number of carbonyl (C=O) groups excluding carboxylic acids is 1. The molecule has 1 amide bonds. The summed E-state index contributed by atoms with van der Waals surface area (Å²) in [5.41, 5.74) is 0.293. The van der Waals surface area contributed by atoms with Gasteiger partial charge in [0.2, 0.25) is 0 Å². The Labute approximate surface area is 134 Å². The van der Waals surface area contributed by atoms with Gasteiger partial charge in [-0.25, -0.2) is 13.6 Å². The van der Waals surface area contributed by atoms with Gasteiger partial charge in [-0.2, -0.15) is 0 Å². The van der Waals surface area contributed by atoms with Crippen LogP contribution >= 0.6 is 0 Å². The molecule has 1 heterocycles. The summed E-state index contributed by atoms with van der Waals surface area (Å²) in [7, 11) is 0. The molecule has 1 fully saturated rings. The molecule has 0 radical (unpaired) electrons. The molecule has 0 unspecified atom stereocenters. The average molecular weight is 325 g/mol. The van der Waals surface area contributed by atoms with Gasteiger partial charge in [0.15, 0.2) is 0 Å². The number of nitrogens with one attached hydrogen (secondary N) is 1. The number of ether oxygens (including phenoxy) is 2. The van der Waals surface area contributed by atoms with E-state index in [1.807, 2.05) is 20.8 Å². The van der Waals surface area contributed by atoms with Gasteiger partial charge >= 0.3 is 6.09 Å². The van der Waals surface area contributed by atoms with Crippen LogP contribution in [-0.4, -0.2) is 24.3 Å². The molecule has 1 N–H and O–H groups in total. The van der Waals surface area contributed by atoms with Gasteiger partial charge in [-0.15, -0.1) is 0 Å². The molecule has 23 heavy (non-hydrogen) atoms. The number of hydrogen-bond acceptors (Lipinski definition) is 3. The van der Waals surface area contributed by atoms with Gasteiger partial charge in [0, 0.05) is 17.5 Å². The zero-order valence-electron chi connectivity index (χ0n) is 13.5. The van der Waals surface area contributed by atoms with Crippen LogP contribution in [0, 0.1) is 11.6 Å². The Morgan fingerprint density at radius 2 is 2.09 bits per heavy atom. The highest BCUT2D eigenvalue weighted by molar-refractivity contribution is 5.68. The van der Waals surface area contributed by atoms with Crippen molar-refractivity contribution >= 4 is 6.09 Å². The Balaban J connectivity index is 2.21. The van der Waals surface area contributed by atoms with Crippen molar-refractivity contribution < 1.29 is 23.0 Å². The summed E-state index contributed by atoms with van der Waals surface area (Å²) in [6.45, 7) is 9.46. The molecule has 0 bridgehead atoms. The third-order valence-electron chi connectivity index (χ3n) is 3.29. The average Bonchev–Trinajstić information content (AvgIpc) is 2.40. The second kappa shape index (κ2) is 6.66. The van der Waals surface area contributed by atoms with Crippen molar-refractivity contribution in [2.45, 2.75) is 44.9 Å². The monoisotopic (exact) mass is 325 g/mol. The van der Waals surface area contributed by atoms with Gasteiger partial charge in [-0.3, -0.25) is 0 Å². The molecule has 6 heteroatoms. The predicted octanol–water partition coefficient (Wildman–Crippen LogP) is 3.88. The molecule has 0 aromatic heterocycles. The second-order valence-corrected chi connectivity index (χ2v) is 6.67. The first-order valence-electron chi connectivity index (χ1n) is 7.38. The van der Waals surface area contributed by atoms with E-state index in [1.165, 1.54) is 0 Å². The number of benzene rings is 1. The number of rotatable bonds is 2. The van der Waals surface area contributed by atoms with E-state index in [4.69, 9.17) is 9.47 Å². The van der Waals surface area contributed by atoms with Gasteiger partial charge in [-0.1, -0.05) is 6.58 Å². The van der Waals surface area contributed by atoms with Crippen LogP contribution < -0.4 is 5.32 Å². The fourth-order valence-corrected chi connectivity index (χ4v) is 2.36. The maximum Gasteiger partial charge on any atom is 0.407 e. The number of halogens is 2. The molecule has 1 aromatic carbocycles. The van der Waals surface area contributed by atoms with Crippen LogP contribution in [-0.2, 0) is 9.47 Å². The van der Waals surface area contributed by atoms with Gasteiger partial charge in [-0.05, 0) is 44.5 Å². The topological polar surface area (TPSA) is 47.6 Å². The summed E-state index contributed by atoms with van der Waals surface area (Å²) < 4.78 is 38.4. The van der Waals surface area contributed by atoms with Crippen LogP contribution in [0.25, 0.3) is 0 Å². The van der Waals surface area contributed by atoms with Crippen molar-refractivity contribution in [2.24, 2.45) is 0 Å². The van der Waals surface area contributed by atoms with E-state index in [2.05, 4.69) is 11.9 Å². The maximum atomic E-state index is 14.0. The molecule has 2 atom stereocenters. The third-order valence-corrected chi connectivity index (χ3v) is 3.29. The normalized spacial score (nSPS) is 21.9. The number of alkyl carbamates (subject to hydrolysis) is 1. The molecular weight excluding hydrogens is 304 g/mol. The highest BCUT2D eigenvalue weighted by Crippen LogP contribution is 2.34. The Bertz CT molecular complexity index is 610. The highest BCUT2D eigenvalue weighted by atomic mass is 19.1. The summed E-state index contributed by atoms with van der Waals surface area (Å²) in [4.78, 5) is 12.0. The van der Waals surface area contributed by atoms with Gasteiger partial charge in [0.05, 0.1) is 6.61 Å². The Hall–Kier alpha value is -1.95. The van der Waals surface area contributed by atoms with E-state index in [0.29, 0.717) is 6.42 Å². The van der Waals surface area contributed by atoms with Crippen LogP contribution in [0.2, 0.25) is 0 Å². The van der Waals surface area contributed by atoms with Gasteiger partial charge < -0.3 is 14.8 Å². The quantitative estimate of drug-likeness (QED) is 0.840. The third kappa shape index (κ3) is 4.76. The Morgan fingerprint density at radius 3 is 2.74 bits per heavy atom. The van der Waals surface area contributed by atoms with Crippen molar-refractivity contribution in [3.05, 3.63) is 47.5 Å². The Morgan fingerprint density at radius 1 is 1.39 bits per heavy atom. The van der Waals surface area contributed by atoms with Crippen LogP contribution in [0.3, 0.4) is 0 Å². The van der Waals surface area contributed by atoms with E-state index in [9.17, 15) is 13.6 Å². The van der Waals surface area contributed by atoms with E-state index >= 15 is 0 Å². The molecule has 1 aliphatic heterocycles. The van der Waals surface area contributed by atoms with Crippen LogP contribution in [0.1, 0.15) is 38.9 Å². The van der Waals surface area contributed by atoms with Crippen molar-refractivity contribution in [2.75, 3.05) is 6.61 Å². The minimum Gasteiger partial charge on any atom is -0.443 e. The molecule has 1 saturated heterocycles. The van der Waals surface area contributed by atoms with Gasteiger partial charge in [0.1, 0.15) is 23.8 Å². The highest BCUT2D eigenvalue weighted by Gasteiger charge is 2.34. The number of carbonyl (C=O) groups is 1. The second-order valence-electron chi connectivity index (χ2n) is 6.67. The standard InChI is InChI=1S/C17H21F2NO3/c1-10-7-14(23-16(21)20-17(2,3)4)15(22-9-10)12-8-11(18)5-6-13(12)19/h5-6,8,14-15H,1,7,9H2,2-4H3,(H,20,21)/t14-,15+/m0/s1. The van der Waals surface area contributed by atoms with Crippen molar-refractivity contribution in [1.82, 2.24) is 5.32 Å². The van der Waals surface area contributed by atoms with E-state index < -0.39 is 35.5 Å². The molecule has 0 spiro atoms. The van der Waals surface area contributed by atoms with Crippen molar-refractivity contribution in [1.29, 1.82) is 0 Å². The molecular formula is C17H21F2NO3. The molecule has 1 aliphatic rings. The van der Waals surface area contributed by atoms with Crippen LogP contribution in [0.5, 0.6) is 0 Å². The predicted molar refractivity (Wildman–Crippen MR) is 82.0 cm³/mol. The summed E-state index contributed by atoms with van der Waals surface area (Å²) in [5, 5.41) is 2.67. The lowest BCUT2D eigenvalue weighted by Crippen LogP contribution is -2.44. The molecule has 2 rings (SSSR count). The summed E-state index contributed by atoms with van der Waals surface area (Å²) in [6, 6.07) is 3.12. The van der Waals surface area contributed by atoms with Gasteiger partial charge in [0.25, 0.3) is 0 Å². The minimum absolute atomic E-state index is 0.0334. The van der Waals surface area contributed by atoms with E-state index in [-0.39, 0.29) is 12.2 Å². The zero-order valence-corrected chi connectivity index (χ0v) is 13.5. The lowest BCUT2D eigenvalue weighted by molar-refractivity contribution is -0.0622. The smallest absolute Gasteiger partial charge is 0.407 e. The zero-order chi connectivity index (χ0) is 17.2. The lowest BCUT2D eigenvalue weighted by atomic mass is 9.95. The summed E-state index contributed by atoms with van der Waals surface area (Å²) >= 11 is 0. The molecule has 0 saturated carbocycles. The van der Waals surface area contributed by atoms with E-state index in [1.54, 1.807) is 0 Å². The first kappa shape index (κ1) is 17.4. The minimum atomic E-state index is -0.873. The van der Waals surface area contributed by atoms with Crippen molar-refractivity contribution in [3.8, 4) is 0 Å². The first-order valence-corrected chi connectivity index (χ1v) is 7.38. The maximum absolute atomic E-state index is 14.0. The SMILES string of the molecule is C=C1CO[C@H](c2cc(F)ccc2F)[C@@H](OC(=O)NC(C)(C)C)C1. The molecule has 4 nitrogen and oxygen atoms in total. The number of hydrogen-bond donors (Lipinski definition) is 1. The Kier molecular flexibility index (Phi) is 5.04. The lowest BCUT2D eigenvalue weighted by Gasteiger charge is -2.33. The largest absolute Gasteiger partial charge is 0.443 e. The van der Waals surface area contributed by atoms with E-state index in [0.717, 1.165) is 23.8 Å². The fourth-order valence-electron chi connectivity index (χ4n) is 2.36. The molecule has 1 aromatic rings. The summed E-state index contributed by atoms with van der Waals surface area (Å²) in [6.07, 6.45) is -1.95. The van der Waals surface area contributed by atoms with Crippen molar-refractivity contribution in [3.63, 3.8) is 0 Å². The molecule has 126 valence electrons. The van der Waals surface area contributed by atoms with Crippen LogP contribution in [0.15, 0.2) is 30.4 Å². The fraction of sp³-hybridized carbons (Fsp3) is 0.471. The van der Waals surface area contributed by atoms with Crippen LogP contribution in [0.4, 0.5) is 13.6 Å². The number of amides is 1.